The second-order valence-corrected chi connectivity index (χ2v) is 5.89. The van der Waals surface area contributed by atoms with E-state index in [1.807, 2.05) is 13.0 Å². The molecule has 0 bridgehead atoms. The average Bonchev–Trinajstić information content (AvgIpc) is 2.48. The van der Waals surface area contributed by atoms with Crippen molar-refractivity contribution in [2.45, 2.75) is 19.3 Å². The van der Waals surface area contributed by atoms with Gasteiger partial charge in [-0.3, -0.25) is 4.79 Å². The van der Waals surface area contributed by atoms with Crippen LogP contribution in [0, 0.1) is 6.92 Å². The van der Waals surface area contributed by atoms with Crippen LogP contribution in [0.25, 0.3) is 0 Å². The summed E-state index contributed by atoms with van der Waals surface area (Å²) < 4.78 is 5.21. The maximum absolute atomic E-state index is 11.6. The third-order valence-corrected chi connectivity index (χ3v) is 4.28. The Labute approximate surface area is 139 Å². The number of hydrogen-bond acceptors (Lipinski definition) is 2. The first-order valence-corrected chi connectivity index (χ1v) is 7.49. The Morgan fingerprint density at radius 3 is 2.45 bits per heavy atom. The molecule has 0 saturated carbocycles. The Morgan fingerprint density at radius 1 is 1.18 bits per heavy atom. The fourth-order valence-electron chi connectivity index (χ4n) is 2.37. The maximum atomic E-state index is 11.6. The summed E-state index contributed by atoms with van der Waals surface area (Å²) in [6.07, 6.45) is 0.345. The van der Waals surface area contributed by atoms with Crippen LogP contribution >= 0.6 is 23.2 Å². The van der Waals surface area contributed by atoms with Gasteiger partial charge in [0, 0.05) is 0 Å². The zero-order chi connectivity index (χ0) is 16.3. The molecular weight excluding hydrogens is 323 g/mol. The van der Waals surface area contributed by atoms with Gasteiger partial charge in [0.1, 0.15) is 5.75 Å². The summed E-state index contributed by atoms with van der Waals surface area (Å²) in [5.74, 6) is -0.792. The van der Waals surface area contributed by atoms with E-state index in [1.165, 1.54) is 0 Å². The van der Waals surface area contributed by atoms with E-state index in [9.17, 15) is 9.90 Å². The Morgan fingerprint density at radius 2 is 1.91 bits per heavy atom. The van der Waals surface area contributed by atoms with Gasteiger partial charge in [-0.05, 0) is 48.2 Å². The van der Waals surface area contributed by atoms with Crippen molar-refractivity contribution in [2.24, 2.45) is 0 Å². The predicted octanol–water partition coefficient (Wildman–Crippen LogP) is 4.72. The van der Waals surface area contributed by atoms with E-state index in [-0.39, 0.29) is 0 Å². The molecule has 0 aliphatic heterocycles. The molecule has 0 spiro atoms. The number of aryl methyl sites for hydroxylation is 1. The first-order valence-electron chi connectivity index (χ1n) is 6.73. The first-order chi connectivity index (χ1) is 10.4. The summed E-state index contributed by atoms with van der Waals surface area (Å²) >= 11 is 11.9. The number of aliphatic carboxylic acids is 1. The summed E-state index contributed by atoms with van der Waals surface area (Å²) in [5, 5.41) is 10.4. The SMILES string of the molecule is COc1ccc(C(Cc2ccc(Cl)c(Cl)c2)C(=O)O)cc1C. The Kier molecular flexibility index (Phi) is 5.33. The monoisotopic (exact) mass is 338 g/mol. The zero-order valence-electron chi connectivity index (χ0n) is 12.3. The van der Waals surface area contributed by atoms with Crippen LogP contribution in [0.15, 0.2) is 36.4 Å². The largest absolute Gasteiger partial charge is 0.496 e. The lowest BCUT2D eigenvalue weighted by Crippen LogP contribution is -2.14. The van der Waals surface area contributed by atoms with Crippen LogP contribution in [-0.4, -0.2) is 18.2 Å². The molecule has 0 saturated heterocycles. The number of carboxylic acids is 1. The van der Waals surface area contributed by atoms with Gasteiger partial charge in [-0.1, -0.05) is 41.4 Å². The van der Waals surface area contributed by atoms with Crippen molar-refractivity contribution in [3.05, 3.63) is 63.1 Å². The number of ether oxygens (including phenoxy) is 1. The molecule has 0 aliphatic rings. The summed E-state index contributed by atoms with van der Waals surface area (Å²) in [6, 6.07) is 10.6. The van der Waals surface area contributed by atoms with Gasteiger partial charge in [-0.2, -0.15) is 0 Å². The molecule has 0 fully saturated rings. The molecule has 5 heteroatoms. The second kappa shape index (κ2) is 7.03. The van der Waals surface area contributed by atoms with Crippen LogP contribution in [0.2, 0.25) is 10.0 Å². The topological polar surface area (TPSA) is 46.5 Å². The molecule has 1 N–H and O–H groups in total. The summed E-state index contributed by atoms with van der Waals surface area (Å²) in [4.78, 5) is 11.6. The molecule has 2 rings (SSSR count). The van der Waals surface area contributed by atoms with Crippen LogP contribution in [0.1, 0.15) is 22.6 Å². The number of rotatable bonds is 5. The third-order valence-electron chi connectivity index (χ3n) is 3.54. The van der Waals surface area contributed by atoms with Crippen molar-refractivity contribution < 1.29 is 14.6 Å². The molecule has 22 heavy (non-hydrogen) atoms. The van der Waals surface area contributed by atoms with Gasteiger partial charge < -0.3 is 9.84 Å². The molecule has 0 amide bonds. The number of hydrogen-bond donors (Lipinski definition) is 1. The highest BCUT2D eigenvalue weighted by molar-refractivity contribution is 6.42. The van der Waals surface area contributed by atoms with E-state index in [0.717, 1.165) is 22.4 Å². The highest BCUT2D eigenvalue weighted by Crippen LogP contribution is 2.29. The fraction of sp³-hybridized carbons (Fsp3) is 0.235. The molecule has 0 aromatic heterocycles. The van der Waals surface area contributed by atoms with Crippen LogP contribution in [-0.2, 0) is 11.2 Å². The predicted molar refractivity (Wildman–Crippen MR) is 88.3 cm³/mol. The van der Waals surface area contributed by atoms with E-state index >= 15 is 0 Å². The summed E-state index contributed by atoms with van der Waals surface area (Å²) in [5.41, 5.74) is 2.47. The minimum atomic E-state index is -0.879. The lowest BCUT2D eigenvalue weighted by molar-refractivity contribution is -0.138. The van der Waals surface area contributed by atoms with E-state index < -0.39 is 11.9 Å². The van der Waals surface area contributed by atoms with Crippen molar-refractivity contribution >= 4 is 29.2 Å². The van der Waals surface area contributed by atoms with E-state index in [2.05, 4.69) is 0 Å². The Hall–Kier alpha value is -1.71. The van der Waals surface area contributed by atoms with Gasteiger partial charge in [0.25, 0.3) is 0 Å². The molecule has 0 radical (unpaired) electrons. The minimum Gasteiger partial charge on any atom is -0.496 e. The Bertz CT molecular complexity index is 698. The van der Waals surface area contributed by atoms with E-state index in [0.29, 0.717) is 16.5 Å². The lowest BCUT2D eigenvalue weighted by Gasteiger charge is -2.15. The van der Waals surface area contributed by atoms with Crippen molar-refractivity contribution in [2.75, 3.05) is 7.11 Å². The molecule has 116 valence electrons. The van der Waals surface area contributed by atoms with Crippen LogP contribution in [0.5, 0.6) is 5.75 Å². The number of benzene rings is 2. The third kappa shape index (κ3) is 3.73. The fourth-order valence-corrected chi connectivity index (χ4v) is 2.69. The van der Waals surface area contributed by atoms with Gasteiger partial charge in [-0.15, -0.1) is 0 Å². The smallest absolute Gasteiger partial charge is 0.311 e. The standard InChI is InChI=1S/C17H16Cl2O3/c1-10-7-12(4-6-16(10)22-2)13(17(20)21)8-11-3-5-14(18)15(19)9-11/h3-7,9,13H,8H2,1-2H3,(H,20,21). The highest BCUT2D eigenvalue weighted by Gasteiger charge is 2.21. The molecule has 0 heterocycles. The van der Waals surface area contributed by atoms with Crippen molar-refractivity contribution in [1.82, 2.24) is 0 Å². The van der Waals surface area contributed by atoms with Gasteiger partial charge in [0.05, 0.1) is 23.1 Å². The van der Waals surface area contributed by atoms with Crippen molar-refractivity contribution in [3.63, 3.8) is 0 Å². The van der Waals surface area contributed by atoms with Gasteiger partial charge in [0.2, 0.25) is 0 Å². The van der Waals surface area contributed by atoms with Gasteiger partial charge in [0.15, 0.2) is 0 Å². The quantitative estimate of drug-likeness (QED) is 0.857. The van der Waals surface area contributed by atoms with Crippen molar-refractivity contribution in [3.8, 4) is 5.75 Å². The number of carbonyl (C=O) groups is 1. The lowest BCUT2D eigenvalue weighted by atomic mass is 9.91. The van der Waals surface area contributed by atoms with Crippen molar-refractivity contribution in [1.29, 1.82) is 0 Å². The molecule has 3 nitrogen and oxygen atoms in total. The second-order valence-electron chi connectivity index (χ2n) is 5.07. The van der Waals surface area contributed by atoms with Crippen LogP contribution in [0.3, 0.4) is 0 Å². The molecule has 1 atom stereocenters. The maximum Gasteiger partial charge on any atom is 0.311 e. The molecule has 2 aromatic rings. The number of methoxy groups -OCH3 is 1. The highest BCUT2D eigenvalue weighted by atomic mass is 35.5. The first kappa shape index (κ1) is 16.7. The number of carboxylic acid groups (broad SMARTS) is 1. The van der Waals surface area contributed by atoms with Gasteiger partial charge >= 0.3 is 5.97 Å². The Balaban J connectivity index is 2.32. The van der Waals surface area contributed by atoms with Crippen LogP contribution < -0.4 is 4.74 Å². The van der Waals surface area contributed by atoms with E-state index in [1.54, 1.807) is 37.4 Å². The van der Waals surface area contributed by atoms with E-state index in [4.69, 9.17) is 27.9 Å². The van der Waals surface area contributed by atoms with Crippen LogP contribution in [0.4, 0.5) is 0 Å². The number of halogens is 2. The minimum absolute atomic E-state index is 0.345. The zero-order valence-corrected chi connectivity index (χ0v) is 13.8. The molecule has 1 unspecified atom stereocenters. The van der Waals surface area contributed by atoms with Gasteiger partial charge in [-0.25, -0.2) is 0 Å². The molecule has 0 aliphatic carbocycles. The summed E-state index contributed by atoms with van der Waals surface area (Å²) in [7, 11) is 1.59. The summed E-state index contributed by atoms with van der Waals surface area (Å²) in [6.45, 7) is 1.89. The molecule has 2 aromatic carbocycles. The normalized spacial score (nSPS) is 12.0. The average molecular weight is 339 g/mol. The molecular formula is C17H16Cl2O3.